The van der Waals surface area contributed by atoms with E-state index in [0.717, 1.165) is 33.7 Å². The Labute approximate surface area is 179 Å². The van der Waals surface area contributed by atoms with Gasteiger partial charge in [-0.15, -0.1) is 10.2 Å². The van der Waals surface area contributed by atoms with Crippen LogP contribution in [-0.2, 0) is 0 Å². The van der Waals surface area contributed by atoms with Gasteiger partial charge in [0.05, 0.1) is 11.9 Å². The number of aromatic amines is 1. The Morgan fingerprint density at radius 1 is 0.968 bits per heavy atom. The zero-order valence-corrected chi connectivity index (χ0v) is 16.9. The van der Waals surface area contributed by atoms with Gasteiger partial charge in [0.25, 0.3) is 0 Å². The third-order valence-corrected chi connectivity index (χ3v) is 6.16. The molecule has 152 valence electrons. The average molecular weight is 407 g/mol. The van der Waals surface area contributed by atoms with E-state index in [9.17, 15) is 0 Å². The molecule has 0 saturated heterocycles. The van der Waals surface area contributed by atoms with E-state index < -0.39 is 0 Å². The van der Waals surface area contributed by atoms with Crippen LogP contribution in [0, 0.1) is 0 Å². The van der Waals surface area contributed by atoms with Crippen LogP contribution in [-0.4, -0.2) is 35.2 Å². The highest BCUT2D eigenvalue weighted by atomic mass is 15.5. The number of hydrogen-bond acceptors (Lipinski definition) is 5. The molecule has 3 aromatic heterocycles. The summed E-state index contributed by atoms with van der Waals surface area (Å²) >= 11 is 0. The normalized spacial score (nSPS) is 14.5. The highest BCUT2D eigenvalue weighted by Crippen LogP contribution is 2.39. The minimum atomic E-state index is 0.515. The molecule has 0 radical (unpaired) electrons. The third kappa shape index (κ3) is 3.18. The zero-order valence-electron chi connectivity index (χ0n) is 16.9. The van der Waals surface area contributed by atoms with Crippen molar-refractivity contribution in [2.45, 2.75) is 31.6 Å². The van der Waals surface area contributed by atoms with Gasteiger partial charge < -0.3 is 0 Å². The summed E-state index contributed by atoms with van der Waals surface area (Å²) in [5.41, 5.74) is 7.07. The molecule has 3 heterocycles. The van der Waals surface area contributed by atoms with Crippen molar-refractivity contribution in [1.82, 2.24) is 35.2 Å². The van der Waals surface area contributed by atoms with Gasteiger partial charge in [-0.05, 0) is 53.8 Å². The van der Waals surface area contributed by atoms with Crippen molar-refractivity contribution in [3.63, 3.8) is 0 Å². The molecule has 1 aliphatic rings. The van der Waals surface area contributed by atoms with E-state index in [1.54, 1.807) is 0 Å². The number of tetrazole rings is 1. The van der Waals surface area contributed by atoms with Crippen molar-refractivity contribution in [3.05, 3.63) is 72.6 Å². The van der Waals surface area contributed by atoms with Crippen LogP contribution in [0.15, 0.2) is 67.0 Å². The van der Waals surface area contributed by atoms with Gasteiger partial charge >= 0.3 is 0 Å². The second kappa shape index (κ2) is 7.43. The van der Waals surface area contributed by atoms with Gasteiger partial charge in [0.15, 0.2) is 5.65 Å². The van der Waals surface area contributed by atoms with E-state index in [-0.39, 0.29) is 0 Å². The summed E-state index contributed by atoms with van der Waals surface area (Å²) in [4.78, 5) is 9.59. The van der Waals surface area contributed by atoms with E-state index in [2.05, 4.69) is 60.5 Å². The molecule has 7 heteroatoms. The summed E-state index contributed by atoms with van der Waals surface area (Å²) in [7, 11) is 0. The smallest absolute Gasteiger partial charge is 0.204 e. The van der Waals surface area contributed by atoms with Crippen molar-refractivity contribution >= 4 is 11.2 Å². The predicted octanol–water partition coefficient (Wildman–Crippen LogP) is 4.93. The van der Waals surface area contributed by atoms with Crippen LogP contribution in [0.3, 0.4) is 0 Å². The van der Waals surface area contributed by atoms with Crippen LogP contribution < -0.4 is 0 Å². The molecule has 0 atom stereocenters. The molecule has 0 aliphatic heterocycles. The monoisotopic (exact) mass is 407 g/mol. The summed E-state index contributed by atoms with van der Waals surface area (Å²) in [6.45, 7) is 0. The van der Waals surface area contributed by atoms with Gasteiger partial charge in [-0.1, -0.05) is 43.2 Å². The maximum Gasteiger partial charge on any atom is 0.204 e. The maximum absolute atomic E-state index is 4.94. The number of aromatic nitrogens is 7. The number of nitrogens with one attached hydrogen (secondary N) is 1. The Balaban J connectivity index is 1.49. The summed E-state index contributed by atoms with van der Waals surface area (Å²) in [5.74, 6) is 1.17. The molecule has 1 saturated carbocycles. The van der Waals surface area contributed by atoms with E-state index in [0.29, 0.717) is 11.7 Å². The quantitative estimate of drug-likeness (QED) is 0.457. The minimum Gasteiger partial charge on any atom is -0.300 e. The van der Waals surface area contributed by atoms with Gasteiger partial charge in [-0.25, -0.2) is 4.98 Å². The van der Waals surface area contributed by atoms with Crippen LogP contribution in [0.1, 0.15) is 37.2 Å². The molecule has 0 amide bonds. The molecule has 0 spiro atoms. The zero-order chi connectivity index (χ0) is 20.6. The SMILES string of the molecule is c1ccc(-c2cnc3ccn(-c4ccc(-c5nn[nH]n5)c(C5CCCC5)c4)c3n2)cc1. The molecule has 1 fully saturated rings. The standard InChI is InChI=1S/C24H21N7/c1-2-8-17(9-3-1)22-15-25-21-12-13-31(24(21)26-22)18-10-11-19(23-27-29-30-28-23)20(14-18)16-6-4-5-7-16/h1-3,8-16H,4-7H2,(H,27,28,29,30). The Kier molecular flexibility index (Phi) is 4.30. The first-order chi connectivity index (χ1) is 15.4. The molecule has 0 unspecified atom stereocenters. The molecule has 31 heavy (non-hydrogen) atoms. The number of fused-ring (bicyclic) bond motifs is 1. The third-order valence-electron chi connectivity index (χ3n) is 6.16. The van der Waals surface area contributed by atoms with E-state index in [4.69, 9.17) is 4.98 Å². The Bertz CT molecular complexity index is 1330. The lowest BCUT2D eigenvalue weighted by atomic mass is 9.92. The van der Waals surface area contributed by atoms with Gasteiger partial charge in [-0.3, -0.25) is 9.55 Å². The first kappa shape index (κ1) is 17.9. The first-order valence-corrected chi connectivity index (χ1v) is 10.6. The molecular weight excluding hydrogens is 386 g/mol. The number of nitrogens with zero attached hydrogens (tertiary/aromatic N) is 6. The highest BCUT2D eigenvalue weighted by Gasteiger charge is 2.23. The van der Waals surface area contributed by atoms with Gasteiger partial charge in [0.2, 0.25) is 5.82 Å². The summed E-state index contributed by atoms with van der Waals surface area (Å²) in [5, 5.41) is 14.8. The lowest BCUT2D eigenvalue weighted by Crippen LogP contribution is -2.02. The summed E-state index contributed by atoms with van der Waals surface area (Å²) < 4.78 is 2.12. The van der Waals surface area contributed by atoms with Crippen LogP contribution in [0.25, 0.3) is 39.5 Å². The van der Waals surface area contributed by atoms with Crippen molar-refractivity contribution in [3.8, 4) is 28.3 Å². The van der Waals surface area contributed by atoms with Crippen molar-refractivity contribution in [2.24, 2.45) is 0 Å². The molecular formula is C24H21N7. The fourth-order valence-electron chi connectivity index (χ4n) is 4.61. The van der Waals surface area contributed by atoms with Crippen molar-refractivity contribution < 1.29 is 0 Å². The maximum atomic E-state index is 4.94. The summed E-state index contributed by atoms with van der Waals surface area (Å²) in [6, 6.07) is 18.6. The Morgan fingerprint density at radius 3 is 2.65 bits per heavy atom. The van der Waals surface area contributed by atoms with Gasteiger partial charge in [-0.2, -0.15) is 5.21 Å². The van der Waals surface area contributed by atoms with Crippen molar-refractivity contribution in [2.75, 3.05) is 0 Å². The molecule has 1 aliphatic carbocycles. The second-order valence-electron chi connectivity index (χ2n) is 8.00. The first-order valence-electron chi connectivity index (χ1n) is 10.6. The number of H-pyrrole nitrogens is 1. The number of benzene rings is 2. The highest BCUT2D eigenvalue weighted by molar-refractivity contribution is 5.77. The lowest BCUT2D eigenvalue weighted by Gasteiger charge is -2.16. The number of rotatable bonds is 4. The molecule has 2 aromatic carbocycles. The Hall–Kier alpha value is -3.87. The minimum absolute atomic E-state index is 0.515. The number of hydrogen-bond donors (Lipinski definition) is 1. The molecule has 0 bridgehead atoms. The molecule has 7 nitrogen and oxygen atoms in total. The van der Waals surface area contributed by atoms with E-state index in [1.807, 2.05) is 36.7 Å². The van der Waals surface area contributed by atoms with E-state index >= 15 is 0 Å². The second-order valence-corrected chi connectivity index (χ2v) is 8.00. The van der Waals surface area contributed by atoms with Crippen molar-refractivity contribution in [1.29, 1.82) is 0 Å². The Morgan fingerprint density at radius 2 is 1.84 bits per heavy atom. The lowest BCUT2D eigenvalue weighted by molar-refractivity contribution is 0.723. The van der Waals surface area contributed by atoms with Crippen LogP contribution in [0.2, 0.25) is 0 Å². The van der Waals surface area contributed by atoms with Gasteiger partial charge in [0, 0.05) is 23.0 Å². The molecule has 5 aromatic rings. The molecule has 1 N–H and O–H groups in total. The topological polar surface area (TPSA) is 85.2 Å². The van der Waals surface area contributed by atoms with Gasteiger partial charge in [0.1, 0.15) is 5.52 Å². The van der Waals surface area contributed by atoms with E-state index in [1.165, 1.54) is 31.2 Å². The van der Waals surface area contributed by atoms with Crippen LogP contribution in [0.5, 0.6) is 0 Å². The predicted molar refractivity (Wildman–Crippen MR) is 119 cm³/mol. The fraction of sp³-hybridized carbons (Fsp3) is 0.208. The summed E-state index contributed by atoms with van der Waals surface area (Å²) in [6.07, 6.45) is 8.79. The van der Waals surface area contributed by atoms with Crippen LogP contribution in [0.4, 0.5) is 0 Å². The average Bonchev–Trinajstić information content (AvgIpc) is 3.61. The largest absolute Gasteiger partial charge is 0.300 e. The fourth-order valence-corrected chi connectivity index (χ4v) is 4.61. The van der Waals surface area contributed by atoms with Crippen LogP contribution >= 0.6 is 0 Å². The molecule has 6 rings (SSSR count).